The third-order valence-electron chi connectivity index (χ3n) is 2.90. The molecule has 2 heterocycles. The molecular formula is C11H17N3. The van der Waals surface area contributed by atoms with Crippen LogP contribution in [0, 0.1) is 5.92 Å². The molecule has 1 aliphatic heterocycles. The number of piperidine rings is 1. The molecule has 0 aromatic carbocycles. The van der Waals surface area contributed by atoms with Gasteiger partial charge in [-0.15, -0.1) is 0 Å². The van der Waals surface area contributed by atoms with Gasteiger partial charge in [-0.25, -0.2) is 9.97 Å². The standard InChI is InChI=1S/C11H17N3/c1-9-2-3-10(7-14-9)4-11-5-12-8-13-6-11/h5-6,8-10,14H,2-4,7H2,1H3. The van der Waals surface area contributed by atoms with E-state index in [1.165, 1.54) is 18.4 Å². The van der Waals surface area contributed by atoms with Gasteiger partial charge in [0.1, 0.15) is 6.33 Å². The maximum atomic E-state index is 4.03. The molecule has 3 heteroatoms. The molecule has 2 rings (SSSR count). The fraction of sp³-hybridized carbons (Fsp3) is 0.636. The third kappa shape index (κ3) is 2.51. The Bertz CT molecular complexity index is 265. The van der Waals surface area contributed by atoms with Crippen molar-refractivity contribution in [3.05, 3.63) is 24.3 Å². The van der Waals surface area contributed by atoms with E-state index in [1.807, 2.05) is 12.4 Å². The minimum absolute atomic E-state index is 0.693. The highest BCUT2D eigenvalue weighted by Gasteiger charge is 2.17. The molecule has 14 heavy (non-hydrogen) atoms. The smallest absolute Gasteiger partial charge is 0.115 e. The second kappa shape index (κ2) is 4.51. The van der Waals surface area contributed by atoms with Gasteiger partial charge in [-0.2, -0.15) is 0 Å². The molecule has 0 spiro atoms. The third-order valence-corrected chi connectivity index (χ3v) is 2.90. The summed E-state index contributed by atoms with van der Waals surface area (Å²) in [6.45, 7) is 3.39. The number of nitrogens with one attached hydrogen (secondary N) is 1. The van der Waals surface area contributed by atoms with Crippen LogP contribution in [0.25, 0.3) is 0 Å². The van der Waals surface area contributed by atoms with Crippen LogP contribution < -0.4 is 5.32 Å². The average Bonchev–Trinajstić information content (AvgIpc) is 2.23. The predicted octanol–water partition coefficient (Wildman–Crippen LogP) is 1.41. The minimum Gasteiger partial charge on any atom is -0.314 e. The van der Waals surface area contributed by atoms with Gasteiger partial charge in [0.05, 0.1) is 0 Å². The first kappa shape index (κ1) is 9.59. The van der Waals surface area contributed by atoms with Crippen molar-refractivity contribution in [1.82, 2.24) is 15.3 Å². The first-order valence-electron chi connectivity index (χ1n) is 5.32. The molecule has 1 fully saturated rings. The van der Waals surface area contributed by atoms with Crippen LogP contribution in [0.2, 0.25) is 0 Å². The molecule has 76 valence electrons. The van der Waals surface area contributed by atoms with Crippen LogP contribution in [-0.4, -0.2) is 22.6 Å². The molecule has 3 nitrogen and oxygen atoms in total. The first-order chi connectivity index (χ1) is 6.84. The summed E-state index contributed by atoms with van der Waals surface area (Å²) in [4.78, 5) is 8.07. The molecular weight excluding hydrogens is 174 g/mol. The quantitative estimate of drug-likeness (QED) is 0.768. The van der Waals surface area contributed by atoms with E-state index in [4.69, 9.17) is 0 Å². The Morgan fingerprint density at radius 2 is 2.14 bits per heavy atom. The van der Waals surface area contributed by atoms with Crippen molar-refractivity contribution >= 4 is 0 Å². The van der Waals surface area contributed by atoms with Crippen LogP contribution in [0.1, 0.15) is 25.3 Å². The van der Waals surface area contributed by atoms with Gasteiger partial charge in [-0.3, -0.25) is 0 Å². The van der Waals surface area contributed by atoms with Crippen LogP contribution in [0.5, 0.6) is 0 Å². The van der Waals surface area contributed by atoms with E-state index < -0.39 is 0 Å². The SMILES string of the molecule is CC1CCC(Cc2cncnc2)CN1. The molecule has 1 aromatic rings. The Morgan fingerprint density at radius 3 is 2.79 bits per heavy atom. The fourth-order valence-electron chi connectivity index (χ4n) is 2.00. The summed E-state index contributed by atoms with van der Waals surface area (Å²) in [6.07, 6.45) is 9.16. The van der Waals surface area contributed by atoms with Gasteiger partial charge in [0, 0.05) is 18.4 Å². The summed E-state index contributed by atoms with van der Waals surface area (Å²) in [5.41, 5.74) is 1.26. The van der Waals surface area contributed by atoms with Crippen molar-refractivity contribution in [1.29, 1.82) is 0 Å². The molecule has 0 aliphatic carbocycles. The predicted molar refractivity (Wildman–Crippen MR) is 55.9 cm³/mol. The summed E-state index contributed by atoms with van der Waals surface area (Å²) < 4.78 is 0. The van der Waals surface area contributed by atoms with E-state index >= 15 is 0 Å². The second-order valence-corrected chi connectivity index (χ2v) is 4.20. The van der Waals surface area contributed by atoms with Crippen LogP contribution in [-0.2, 0) is 6.42 Å². The zero-order valence-corrected chi connectivity index (χ0v) is 8.61. The van der Waals surface area contributed by atoms with Gasteiger partial charge < -0.3 is 5.32 Å². The van der Waals surface area contributed by atoms with Crippen molar-refractivity contribution in [3.63, 3.8) is 0 Å². The Balaban J connectivity index is 1.87. The Morgan fingerprint density at radius 1 is 1.36 bits per heavy atom. The highest BCUT2D eigenvalue weighted by Crippen LogP contribution is 2.17. The Labute approximate surface area is 85.0 Å². The molecule has 2 unspecified atom stereocenters. The van der Waals surface area contributed by atoms with Crippen molar-refractivity contribution in [2.75, 3.05) is 6.54 Å². The van der Waals surface area contributed by atoms with E-state index in [-0.39, 0.29) is 0 Å². The molecule has 0 radical (unpaired) electrons. The number of aromatic nitrogens is 2. The molecule has 0 bridgehead atoms. The zero-order valence-electron chi connectivity index (χ0n) is 8.61. The molecule has 1 aromatic heterocycles. The summed E-state index contributed by atoms with van der Waals surface area (Å²) in [6, 6.07) is 0.693. The van der Waals surface area contributed by atoms with Gasteiger partial charge in [0.25, 0.3) is 0 Å². The highest BCUT2D eigenvalue weighted by atomic mass is 14.9. The summed E-state index contributed by atoms with van der Waals surface area (Å²) in [5.74, 6) is 0.761. The fourth-order valence-corrected chi connectivity index (χ4v) is 2.00. The molecule has 0 amide bonds. The van der Waals surface area contributed by atoms with E-state index in [2.05, 4.69) is 22.2 Å². The largest absolute Gasteiger partial charge is 0.314 e. The number of rotatable bonds is 2. The number of hydrogen-bond acceptors (Lipinski definition) is 3. The van der Waals surface area contributed by atoms with E-state index in [1.54, 1.807) is 6.33 Å². The Hall–Kier alpha value is -0.960. The van der Waals surface area contributed by atoms with Crippen LogP contribution in [0.4, 0.5) is 0 Å². The first-order valence-corrected chi connectivity index (χ1v) is 5.32. The van der Waals surface area contributed by atoms with Crippen LogP contribution in [0.3, 0.4) is 0 Å². The van der Waals surface area contributed by atoms with Crippen LogP contribution >= 0.6 is 0 Å². The number of nitrogens with zero attached hydrogens (tertiary/aromatic N) is 2. The molecule has 1 aliphatic rings. The monoisotopic (exact) mass is 191 g/mol. The van der Waals surface area contributed by atoms with Gasteiger partial charge in [0.15, 0.2) is 0 Å². The Kier molecular flexibility index (Phi) is 3.09. The lowest BCUT2D eigenvalue weighted by Crippen LogP contribution is -2.37. The second-order valence-electron chi connectivity index (χ2n) is 4.20. The maximum absolute atomic E-state index is 4.03. The average molecular weight is 191 g/mol. The molecule has 1 saturated heterocycles. The minimum atomic E-state index is 0.693. The summed E-state index contributed by atoms with van der Waals surface area (Å²) >= 11 is 0. The van der Waals surface area contributed by atoms with Crippen molar-refractivity contribution in [3.8, 4) is 0 Å². The lowest BCUT2D eigenvalue weighted by Gasteiger charge is -2.27. The molecule has 1 N–H and O–H groups in total. The van der Waals surface area contributed by atoms with Gasteiger partial charge in [0.2, 0.25) is 0 Å². The number of hydrogen-bond donors (Lipinski definition) is 1. The normalized spacial score (nSPS) is 27.5. The van der Waals surface area contributed by atoms with Gasteiger partial charge >= 0.3 is 0 Å². The summed E-state index contributed by atoms with van der Waals surface area (Å²) in [5, 5.41) is 3.51. The van der Waals surface area contributed by atoms with Gasteiger partial charge in [-0.05, 0) is 44.2 Å². The topological polar surface area (TPSA) is 37.8 Å². The molecule has 0 saturated carbocycles. The maximum Gasteiger partial charge on any atom is 0.115 e. The highest BCUT2D eigenvalue weighted by molar-refractivity contribution is 5.04. The van der Waals surface area contributed by atoms with E-state index in [0.717, 1.165) is 18.9 Å². The lowest BCUT2D eigenvalue weighted by atomic mass is 9.91. The van der Waals surface area contributed by atoms with Crippen molar-refractivity contribution in [2.45, 2.75) is 32.2 Å². The van der Waals surface area contributed by atoms with Crippen LogP contribution in [0.15, 0.2) is 18.7 Å². The zero-order chi connectivity index (χ0) is 9.80. The molecule has 2 atom stereocenters. The van der Waals surface area contributed by atoms with E-state index in [9.17, 15) is 0 Å². The van der Waals surface area contributed by atoms with Crippen molar-refractivity contribution in [2.24, 2.45) is 5.92 Å². The van der Waals surface area contributed by atoms with Gasteiger partial charge in [-0.1, -0.05) is 0 Å². The lowest BCUT2D eigenvalue weighted by molar-refractivity contribution is 0.322. The summed E-state index contributed by atoms with van der Waals surface area (Å²) in [7, 11) is 0. The van der Waals surface area contributed by atoms with Crippen molar-refractivity contribution < 1.29 is 0 Å². The van der Waals surface area contributed by atoms with E-state index in [0.29, 0.717) is 6.04 Å².